The molecule has 3 atom stereocenters. The Morgan fingerprint density at radius 3 is 2.25 bits per heavy atom. The third-order valence-electron chi connectivity index (χ3n) is 1.30. The zero-order chi connectivity index (χ0) is 9.94. The van der Waals surface area contributed by atoms with Gasteiger partial charge in [0, 0.05) is 0 Å². The molecule has 0 amide bonds. The molecule has 0 aromatic rings. The van der Waals surface area contributed by atoms with Crippen LogP contribution >= 0.6 is 7.52 Å². The molecule has 0 rings (SSSR count). The van der Waals surface area contributed by atoms with E-state index in [0.717, 1.165) is 0 Å². The van der Waals surface area contributed by atoms with E-state index in [0.29, 0.717) is 0 Å². The largest absolute Gasteiger partial charge is 0.480 e. The van der Waals surface area contributed by atoms with Crippen LogP contribution in [-0.4, -0.2) is 27.8 Å². The van der Waals surface area contributed by atoms with Crippen molar-refractivity contribution in [3.05, 3.63) is 0 Å². The Bertz CT molecular complexity index is 217. The second-order valence-corrected chi connectivity index (χ2v) is 4.87. The van der Waals surface area contributed by atoms with Gasteiger partial charge >= 0.3 is 5.97 Å². The first kappa shape index (κ1) is 11.6. The van der Waals surface area contributed by atoms with Gasteiger partial charge in [-0.25, -0.2) is 5.09 Å². The number of hydrogen-bond acceptors (Lipinski definition) is 3. The molecule has 0 bridgehead atoms. The van der Waals surface area contributed by atoms with Gasteiger partial charge in [-0.1, -0.05) is 0 Å². The Balaban J connectivity index is 4.25. The third kappa shape index (κ3) is 3.32. The summed E-state index contributed by atoms with van der Waals surface area (Å²) < 4.78 is 11.1. The maximum atomic E-state index is 11.1. The quantitative estimate of drug-likeness (QED) is 0.452. The maximum Gasteiger partial charge on any atom is 0.320 e. The lowest BCUT2D eigenvalue weighted by Gasteiger charge is -2.18. The maximum absolute atomic E-state index is 11.1. The number of carboxylic acids is 1. The Morgan fingerprint density at radius 1 is 1.58 bits per heavy atom. The van der Waals surface area contributed by atoms with Crippen molar-refractivity contribution in [3.8, 4) is 0 Å². The van der Waals surface area contributed by atoms with Crippen molar-refractivity contribution >= 4 is 13.5 Å². The summed E-state index contributed by atoms with van der Waals surface area (Å²) in [5.41, 5.74) is 5.15. The van der Waals surface area contributed by atoms with Crippen LogP contribution < -0.4 is 10.8 Å². The van der Waals surface area contributed by atoms with Gasteiger partial charge in [-0.05, 0) is 13.8 Å². The molecule has 0 aromatic heterocycles. The van der Waals surface area contributed by atoms with Gasteiger partial charge in [0.1, 0.15) is 6.04 Å². The van der Waals surface area contributed by atoms with Crippen molar-refractivity contribution in [1.82, 2.24) is 5.09 Å². The molecular weight excluding hydrogens is 183 g/mol. The van der Waals surface area contributed by atoms with Crippen LogP contribution in [0.2, 0.25) is 0 Å². The average molecular weight is 196 g/mol. The summed E-state index contributed by atoms with van der Waals surface area (Å²) in [6.45, 7) is 2.61. The van der Waals surface area contributed by atoms with Crippen LogP contribution in [0.4, 0.5) is 0 Å². The Kier molecular flexibility index (Phi) is 3.86. The van der Waals surface area contributed by atoms with E-state index in [1.54, 1.807) is 0 Å². The molecule has 72 valence electrons. The van der Waals surface area contributed by atoms with Crippen LogP contribution in [0.1, 0.15) is 13.8 Å². The smallest absolute Gasteiger partial charge is 0.320 e. The van der Waals surface area contributed by atoms with Crippen LogP contribution in [0.15, 0.2) is 0 Å². The van der Waals surface area contributed by atoms with Crippen LogP contribution in [0.25, 0.3) is 0 Å². The summed E-state index contributed by atoms with van der Waals surface area (Å²) in [5.74, 6) is -2.16. The van der Waals surface area contributed by atoms with Gasteiger partial charge in [0.15, 0.2) is 0 Å². The highest BCUT2D eigenvalue weighted by atomic mass is 31.2. The molecule has 12 heavy (non-hydrogen) atoms. The lowest BCUT2D eigenvalue weighted by molar-refractivity contribution is -0.138. The van der Waals surface area contributed by atoms with E-state index in [-0.39, 0.29) is 0 Å². The molecule has 1 unspecified atom stereocenters. The second kappa shape index (κ2) is 4.00. The number of aliphatic carboxylic acids is 1. The SMILES string of the molecule is C[C@H](N)P(=O)(O)N[C@H](C)C(=O)O. The molecular formula is C5H13N2O4P. The molecule has 0 aliphatic heterocycles. The van der Waals surface area contributed by atoms with E-state index in [4.69, 9.17) is 15.7 Å². The zero-order valence-corrected chi connectivity index (χ0v) is 7.78. The van der Waals surface area contributed by atoms with E-state index in [2.05, 4.69) is 0 Å². The van der Waals surface area contributed by atoms with Gasteiger partial charge < -0.3 is 15.7 Å². The first-order chi connectivity index (χ1) is 5.27. The van der Waals surface area contributed by atoms with Crippen LogP contribution in [0.5, 0.6) is 0 Å². The number of rotatable bonds is 4. The molecule has 0 heterocycles. The lowest BCUT2D eigenvalue weighted by atomic mass is 10.4. The molecule has 0 aliphatic carbocycles. The van der Waals surface area contributed by atoms with Crippen molar-refractivity contribution in [3.63, 3.8) is 0 Å². The summed E-state index contributed by atoms with van der Waals surface area (Å²) in [4.78, 5) is 19.3. The standard InChI is InChI=1S/C5H13N2O4P/c1-3(5(8)9)7-12(10,11)4(2)6/h3-4H,6H2,1-2H3,(H,8,9)(H2,7,10,11)/t3-,4-/m1/s1. The fraction of sp³-hybridized carbons (Fsp3) is 0.800. The fourth-order valence-electron chi connectivity index (χ4n) is 0.450. The first-order valence-electron chi connectivity index (χ1n) is 3.36. The molecule has 7 heteroatoms. The van der Waals surface area contributed by atoms with Crippen molar-refractivity contribution in [2.24, 2.45) is 5.73 Å². The minimum atomic E-state index is -3.73. The molecule has 0 radical (unpaired) electrons. The molecule has 0 saturated carbocycles. The van der Waals surface area contributed by atoms with Gasteiger partial charge in [-0.3, -0.25) is 9.36 Å². The topological polar surface area (TPSA) is 113 Å². The molecule has 0 aliphatic rings. The molecule has 0 spiro atoms. The van der Waals surface area contributed by atoms with Crippen molar-refractivity contribution < 1.29 is 19.4 Å². The predicted molar refractivity (Wildman–Crippen MR) is 43.7 cm³/mol. The van der Waals surface area contributed by atoms with Gasteiger partial charge in [0.05, 0.1) is 5.78 Å². The number of nitrogens with one attached hydrogen (secondary N) is 1. The van der Waals surface area contributed by atoms with Crippen LogP contribution in [0, 0.1) is 0 Å². The minimum Gasteiger partial charge on any atom is -0.480 e. The van der Waals surface area contributed by atoms with Gasteiger partial charge in [0.2, 0.25) is 0 Å². The highest BCUT2D eigenvalue weighted by Crippen LogP contribution is 2.38. The van der Waals surface area contributed by atoms with Crippen molar-refractivity contribution in [1.29, 1.82) is 0 Å². The number of carbonyl (C=O) groups is 1. The highest BCUT2D eigenvalue weighted by molar-refractivity contribution is 7.56. The summed E-state index contributed by atoms with van der Waals surface area (Å²) in [7, 11) is -3.73. The minimum absolute atomic E-state index is 0.973. The Hall–Kier alpha value is -0.420. The van der Waals surface area contributed by atoms with Gasteiger partial charge in [0.25, 0.3) is 7.52 Å². The molecule has 6 nitrogen and oxygen atoms in total. The summed E-state index contributed by atoms with van der Waals surface area (Å²) in [5, 5.41) is 10.4. The summed E-state index contributed by atoms with van der Waals surface area (Å²) >= 11 is 0. The fourth-order valence-corrected chi connectivity index (χ4v) is 1.35. The monoisotopic (exact) mass is 196 g/mol. The normalized spacial score (nSPS) is 21.0. The Morgan fingerprint density at radius 2 is 2.00 bits per heavy atom. The average Bonchev–Trinajstić information content (AvgIpc) is 1.85. The van der Waals surface area contributed by atoms with E-state index in [1.165, 1.54) is 13.8 Å². The van der Waals surface area contributed by atoms with E-state index in [9.17, 15) is 9.36 Å². The van der Waals surface area contributed by atoms with Crippen LogP contribution in [0.3, 0.4) is 0 Å². The van der Waals surface area contributed by atoms with E-state index < -0.39 is 25.3 Å². The molecule has 0 saturated heterocycles. The first-order valence-corrected chi connectivity index (χ1v) is 5.09. The van der Waals surface area contributed by atoms with E-state index >= 15 is 0 Å². The van der Waals surface area contributed by atoms with E-state index in [1.807, 2.05) is 5.09 Å². The van der Waals surface area contributed by atoms with Crippen LogP contribution in [-0.2, 0) is 9.36 Å². The van der Waals surface area contributed by atoms with Gasteiger partial charge in [-0.15, -0.1) is 0 Å². The summed E-state index contributed by atoms with van der Waals surface area (Å²) in [6, 6.07) is -1.08. The molecule has 5 N–H and O–H groups in total. The lowest BCUT2D eigenvalue weighted by Crippen LogP contribution is -2.35. The number of hydrogen-bond donors (Lipinski definition) is 4. The van der Waals surface area contributed by atoms with Crippen molar-refractivity contribution in [2.45, 2.75) is 25.7 Å². The van der Waals surface area contributed by atoms with Crippen molar-refractivity contribution in [2.75, 3.05) is 0 Å². The Labute approximate surface area is 70.3 Å². The zero-order valence-electron chi connectivity index (χ0n) is 6.89. The van der Waals surface area contributed by atoms with Gasteiger partial charge in [-0.2, -0.15) is 0 Å². The summed E-state index contributed by atoms with van der Waals surface area (Å²) in [6.07, 6.45) is 0. The highest BCUT2D eigenvalue weighted by Gasteiger charge is 2.27. The molecule has 0 aromatic carbocycles. The molecule has 0 fully saturated rings. The predicted octanol–water partition coefficient (Wildman–Crippen LogP) is -0.461. The number of nitrogens with two attached hydrogens (primary N) is 1. The second-order valence-electron chi connectivity index (χ2n) is 2.55. The number of carboxylic acid groups (broad SMARTS) is 1. The third-order valence-corrected chi connectivity index (χ3v) is 3.16.